The molecular formula is C17H14FNO4. The van der Waals surface area contributed by atoms with Crippen LogP contribution in [0.1, 0.15) is 11.1 Å². The van der Waals surface area contributed by atoms with E-state index in [1.807, 2.05) is 6.07 Å². The molecule has 0 saturated heterocycles. The van der Waals surface area contributed by atoms with Crippen molar-refractivity contribution in [1.82, 2.24) is 0 Å². The number of benzene rings is 2. The summed E-state index contributed by atoms with van der Waals surface area (Å²) in [5.41, 5.74) is 1.28. The van der Waals surface area contributed by atoms with E-state index in [0.717, 1.165) is 0 Å². The highest BCUT2D eigenvalue weighted by Crippen LogP contribution is 2.35. The second-order valence-corrected chi connectivity index (χ2v) is 4.55. The molecule has 2 aromatic rings. The van der Waals surface area contributed by atoms with Crippen LogP contribution < -0.4 is 4.74 Å². The summed E-state index contributed by atoms with van der Waals surface area (Å²) in [7, 11) is 2.60. The van der Waals surface area contributed by atoms with E-state index in [1.54, 1.807) is 30.3 Å². The molecule has 23 heavy (non-hydrogen) atoms. The van der Waals surface area contributed by atoms with Crippen molar-refractivity contribution in [2.45, 2.75) is 6.61 Å². The van der Waals surface area contributed by atoms with Crippen molar-refractivity contribution in [2.75, 3.05) is 14.2 Å². The largest absolute Gasteiger partial charge is 0.508 e. The van der Waals surface area contributed by atoms with Gasteiger partial charge in [0.25, 0.3) is 0 Å². The minimum Gasteiger partial charge on any atom is -0.496 e. The summed E-state index contributed by atoms with van der Waals surface area (Å²) >= 11 is 0. The van der Waals surface area contributed by atoms with Crippen molar-refractivity contribution in [1.29, 1.82) is 5.26 Å². The average Bonchev–Trinajstić information content (AvgIpc) is 2.59. The smallest absolute Gasteiger partial charge is 0.496 e. The molecule has 2 aromatic carbocycles. The van der Waals surface area contributed by atoms with Crippen LogP contribution in [0.3, 0.4) is 0 Å². The van der Waals surface area contributed by atoms with Crippen molar-refractivity contribution in [3.63, 3.8) is 0 Å². The van der Waals surface area contributed by atoms with Gasteiger partial charge in [0.15, 0.2) is 0 Å². The summed E-state index contributed by atoms with van der Waals surface area (Å²) < 4.78 is 29.1. The zero-order valence-corrected chi connectivity index (χ0v) is 12.6. The van der Waals surface area contributed by atoms with Gasteiger partial charge >= 0.3 is 6.16 Å². The van der Waals surface area contributed by atoms with Crippen LogP contribution >= 0.6 is 0 Å². The first-order valence-electron chi connectivity index (χ1n) is 6.67. The van der Waals surface area contributed by atoms with Gasteiger partial charge in [-0.3, -0.25) is 0 Å². The molecule has 2 rings (SSSR count). The number of nitriles is 1. The first kappa shape index (κ1) is 16.3. The number of hydrogen-bond acceptors (Lipinski definition) is 5. The molecule has 6 heteroatoms. The summed E-state index contributed by atoms with van der Waals surface area (Å²) in [5.74, 6) is -0.261. The van der Waals surface area contributed by atoms with Crippen molar-refractivity contribution < 1.29 is 23.4 Å². The standard InChI is InChI=1S/C17H14FNO4/c1-21-14-7-6-13(10-23-17(20)22-2)16(18)15(14)12-5-3-4-11(8-12)9-19/h3-8H,10H2,1-2H3. The molecule has 0 fully saturated rings. The monoisotopic (exact) mass is 315 g/mol. The van der Waals surface area contributed by atoms with E-state index in [0.29, 0.717) is 16.9 Å². The molecular weight excluding hydrogens is 301 g/mol. The van der Waals surface area contributed by atoms with E-state index in [2.05, 4.69) is 4.74 Å². The first-order chi connectivity index (χ1) is 11.1. The van der Waals surface area contributed by atoms with Gasteiger partial charge in [0.2, 0.25) is 0 Å². The van der Waals surface area contributed by atoms with Crippen LogP contribution in [0.4, 0.5) is 9.18 Å². The molecule has 0 aliphatic heterocycles. The fourth-order valence-corrected chi connectivity index (χ4v) is 2.09. The zero-order chi connectivity index (χ0) is 16.8. The number of carbonyl (C=O) groups excluding carboxylic acids is 1. The molecule has 118 valence electrons. The third-order valence-electron chi connectivity index (χ3n) is 3.20. The molecule has 0 atom stereocenters. The maximum absolute atomic E-state index is 14.8. The maximum Gasteiger partial charge on any atom is 0.508 e. The van der Waals surface area contributed by atoms with Crippen LogP contribution in [0.5, 0.6) is 5.75 Å². The predicted molar refractivity (Wildman–Crippen MR) is 80.3 cm³/mol. The van der Waals surface area contributed by atoms with Gasteiger partial charge < -0.3 is 14.2 Å². The Hall–Kier alpha value is -3.07. The summed E-state index contributed by atoms with van der Waals surface area (Å²) in [6, 6.07) is 11.6. The van der Waals surface area contributed by atoms with E-state index >= 15 is 0 Å². The Kier molecular flexibility index (Phi) is 5.15. The number of halogens is 1. The average molecular weight is 315 g/mol. The van der Waals surface area contributed by atoms with Crippen LogP contribution in [0.15, 0.2) is 36.4 Å². The van der Waals surface area contributed by atoms with E-state index in [4.69, 9.17) is 14.7 Å². The van der Waals surface area contributed by atoms with Crippen LogP contribution in [0.2, 0.25) is 0 Å². The van der Waals surface area contributed by atoms with E-state index < -0.39 is 12.0 Å². The lowest BCUT2D eigenvalue weighted by Gasteiger charge is -2.13. The van der Waals surface area contributed by atoms with E-state index in [1.165, 1.54) is 20.3 Å². The Bertz CT molecular complexity index is 768. The van der Waals surface area contributed by atoms with Crippen LogP contribution in [-0.2, 0) is 16.1 Å². The third kappa shape index (κ3) is 3.58. The highest BCUT2D eigenvalue weighted by atomic mass is 19.1. The van der Waals surface area contributed by atoms with Crippen LogP contribution in [-0.4, -0.2) is 20.4 Å². The van der Waals surface area contributed by atoms with Gasteiger partial charge in [-0.15, -0.1) is 0 Å². The Morgan fingerprint density at radius 3 is 2.70 bits per heavy atom. The topological polar surface area (TPSA) is 68.6 Å². The summed E-state index contributed by atoms with van der Waals surface area (Å²) in [5, 5.41) is 8.99. The molecule has 0 radical (unpaired) electrons. The number of methoxy groups -OCH3 is 2. The lowest BCUT2D eigenvalue weighted by atomic mass is 9.99. The molecule has 0 heterocycles. The molecule has 0 amide bonds. The van der Waals surface area contributed by atoms with Gasteiger partial charge in [-0.25, -0.2) is 9.18 Å². The molecule has 0 aromatic heterocycles. The fourth-order valence-electron chi connectivity index (χ4n) is 2.09. The van der Waals surface area contributed by atoms with Crippen molar-refractivity contribution >= 4 is 6.16 Å². The third-order valence-corrected chi connectivity index (χ3v) is 3.20. The van der Waals surface area contributed by atoms with Crippen LogP contribution in [0, 0.1) is 17.1 Å². The molecule has 0 bridgehead atoms. The second-order valence-electron chi connectivity index (χ2n) is 4.55. The quantitative estimate of drug-likeness (QED) is 0.805. The normalized spacial score (nSPS) is 9.83. The van der Waals surface area contributed by atoms with E-state index in [9.17, 15) is 9.18 Å². The Balaban J connectivity index is 2.48. The molecule has 0 aliphatic rings. The molecule has 0 unspecified atom stereocenters. The number of nitrogens with zero attached hydrogens (tertiary/aromatic N) is 1. The lowest BCUT2D eigenvalue weighted by Crippen LogP contribution is -2.06. The molecule has 0 spiro atoms. The van der Waals surface area contributed by atoms with Crippen molar-refractivity contribution in [3.8, 4) is 22.9 Å². The van der Waals surface area contributed by atoms with Crippen molar-refractivity contribution in [2.24, 2.45) is 0 Å². The highest BCUT2D eigenvalue weighted by Gasteiger charge is 2.17. The molecule has 0 aliphatic carbocycles. The van der Waals surface area contributed by atoms with Crippen LogP contribution in [0.25, 0.3) is 11.1 Å². The minimum atomic E-state index is -0.895. The number of ether oxygens (including phenoxy) is 3. The summed E-state index contributed by atoms with van der Waals surface area (Å²) in [6.07, 6.45) is -0.895. The van der Waals surface area contributed by atoms with E-state index in [-0.39, 0.29) is 17.7 Å². The second kappa shape index (κ2) is 7.27. The first-order valence-corrected chi connectivity index (χ1v) is 6.67. The number of rotatable bonds is 4. The minimum absolute atomic E-state index is 0.175. The van der Waals surface area contributed by atoms with Gasteiger partial charge in [-0.05, 0) is 29.8 Å². The maximum atomic E-state index is 14.8. The molecule has 0 N–H and O–H groups in total. The van der Waals surface area contributed by atoms with Gasteiger partial charge in [-0.1, -0.05) is 12.1 Å². The summed E-state index contributed by atoms with van der Waals surface area (Å²) in [6.45, 7) is -0.270. The Morgan fingerprint density at radius 2 is 2.04 bits per heavy atom. The predicted octanol–water partition coefficient (Wildman–Crippen LogP) is 3.66. The number of carbonyl (C=O) groups is 1. The van der Waals surface area contributed by atoms with Gasteiger partial charge in [-0.2, -0.15) is 5.26 Å². The SMILES string of the molecule is COC(=O)OCc1ccc(OC)c(-c2cccc(C#N)c2)c1F. The molecule has 5 nitrogen and oxygen atoms in total. The Labute approximate surface area is 132 Å². The Morgan fingerprint density at radius 1 is 1.26 bits per heavy atom. The van der Waals surface area contributed by atoms with Crippen molar-refractivity contribution in [3.05, 3.63) is 53.3 Å². The van der Waals surface area contributed by atoms with Gasteiger partial charge in [0, 0.05) is 5.56 Å². The van der Waals surface area contributed by atoms with Gasteiger partial charge in [0.05, 0.1) is 31.4 Å². The highest BCUT2D eigenvalue weighted by molar-refractivity contribution is 5.73. The van der Waals surface area contributed by atoms with Gasteiger partial charge in [0.1, 0.15) is 18.2 Å². The number of hydrogen-bond donors (Lipinski definition) is 0. The lowest BCUT2D eigenvalue weighted by molar-refractivity contribution is 0.0661. The molecule has 0 saturated carbocycles. The fraction of sp³-hybridized carbons (Fsp3) is 0.176. The summed E-state index contributed by atoms with van der Waals surface area (Å²) in [4.78, 5) is 11.0. The zero-order valence-electron chi connectivity index (χ0n) is 12.6.